The van der Waals surface area contributed by atoms with E-state index in [9.17, 15) is 4.79 Å². The van der Waals surface area contributed by atoms with Crippen LogP contribution in [0.5, 0.6) is 0 Å². The highest BCUT2D eigenvalue weighted by atomic mass is 16.6. The zero-order valence-electron chi connectivity index (χ0n) is 12.5. The molecule has 0 radical (unpaired) electrons. The molecule has 1 fully saturated rings. The first-order chi connectivity index (χ1) is 10.8. The highest BCUT2D eigenvalue weighted by Gasteiger charge is 2.31. The minimum absolute atomic E-state index is 0.0259. The Morgan fingerprint density at radius 2 is 1.95 bits per heavy atom. The van der Waals surface area contributed by atoms with Crippen molar-refractivity contribution < 1.29 is 14.7 Å². The smallest absolute Gasteiger partial charge is 0.271 e. The van der Waals surface area contributed by atoms with Gasteiger partial charge in [0, 0.05) is 39.1 Å². The van der Waals surface area contributed by atoms with Crippen LogP contribution in [0.2, 0.25) is 0 Å². The van der Waals surface area contributed by atoms with Gasteiger partial charge in [0.1, 0.15) is 5.71 Å². The Morgan fingerprint density at radius 1 is 1.23 bits per heavy atom. The van der Waals surface area contributed by atoms with Gasteiger partial charge in [-0.15, -0.1) is 0 Å². The second-order valence-corrected chi connectivity index (χ2v) is 5.60. The van der Waals surface area contributed by atoms with Crippen molar-refractivity contribution in [2.24, 2.45) is 5.16 Å². The molecule has 1 saturated heterocycles. The second kappa shape index (κ2) is 6.89. The maximum Gasteiger partial charge on any atom is 0.271 e. The van der Waals surface area contributed by atoms with Crippen molar-refractivity contribution in [3.63, 3.8) is 0 Å². The van der Waals surface area contributed by atoms with E-state index in [-0.39, 0.29) is 18.6 Å². The predicted octanol–water partition coefficient (Wildman–Crippen LogP) is 0.640. The molecule has 0 saturated carbocycles. The van der Waals surface area contributed by atoms with Crippen molar-refractivity contribution in [2.45, 2.75) is 12.5 Å². The van der Waals surface area contributed by atoms with Crippen molar-refractivity contribution in [1.29, 1.82) is 0 Å². The Kier molecular flexibility index (Phi) is 4.70. The second-order valence-electron chi connectivity index (χ2n) is 5.60. The summed E-state index contributed by atoms with van der Waals surface area (Å²) in [5.41, 5.74) is 1.55. The first kappa shape index (κ1) is 15.0. The molecule has 0 aromatic heterocycles. The molecule has 1 aromatic rings. The van der Waals surface area contributed by atoms with E-state index in [1.807, 2.05) is 35.2 Å². The fourth-order valence-electron chi connectivity index (χ4n) is 2.85. The number of aliphatic hydroxyl groups excluding tert-OH is 1. The van der Waals surface area contributed by atoms with Crippen LogP contribution in [0.3, 0.4) is 0 Å². The van der Waals surface area contributed by atoms with Crippen LogP contribution in [0.15, 0.2) is 35.5 Å². The summed E-state index contributed by atoms with van der Waals surface area (Å²) in [7, 11) is 0. The summed E-state index contributed by atoms with van der Waals surface area (Å²) in [6.07, 6.45) is 0.371. The van der Waals surface area contributed by atoms with Gasteiger partial charge in [-0.2, -0.15) is 0 Å². The highest BCUT2D eigenvalue weighted by molar-refractivity contribution is 6.39. The molecule has 2 aliphatic heterocycles. The molecule has 3 rings (SSSR count). The number of aliphatic hydroxyl groups is 1. The third-order valence-electron chi connectivity index (χ3n) is 4.16. The van der Waals surface area contributed by atoms with Crippen LogP contribution >= 0.6 is 0 Å². The molecule has 1 N–H and O–H groups in total. The van der Waals surface area contributed by atoms with E-state index >= 15 is 0 Å². The third kappa shape index (κ3) is 3.28. The third-order valence-corrected chi connectivity index (χ3v) is 4.16. The van der Waals surface area contributed by atoms with Crippen LogP contribution in [0.25, 0.3) is 0 Å². The zero-order valence-corrected chi connectivity index (χ0v) is 12.5. The molecule has 1 aromatic carbocycles. The minimum atomic E-state index is -0.157. The van der Waals surface area contributed by atoms with Crippen LogP contribution in [0, 0.1) is 0 Å². The van der Waals surface area contributed by atoms with Crippen molar-refractivity contribution in [3.8, 4) is 0 Å². The molecule has 118 valence electrons. The Hall–Kier alpha value is -1.92. The van der Waals surface area contributed by atoms with Crippen LogP contribution in [-0.4, -0.2) is 65.9 Å². The lowest BCUT2D eigenvalue weighted by Gasteiger charge is -2.34. The fraction of sp³-hybridized carbons (Fsp3) is 0.500. The van der Waals surface area contributed by atoms with Gasteiger partial charge in [-0.3, -0.25) is 9.69 Å². The first-order valence-corrected chi connectivity index (χ1v) is 7.68. The molecule has 6 heteroatoms. The number of carbonyl (C=O) groups excluding carboxylic acids is 1. The number of carbonyl (C=O) groups is 1. The van der Waals surface area contributed by atoms with E-state index in [1.54, 1.807) is 0 Å². The standard InChI is InChI=1S/C16H21N3O3/c20-11-10-18-6-8-19(9-7-18)16(21)14-12-15(22-17-14)13-4-2-1-3-5-13/h1-5,15,20H,6-12H2/t15-/m0/s1. The molecular formula is C16H21N3O3. The highest BCUT2D eigenvalue weighted by Crippen LogP contribution is 2.27. The lowest BCUT2D eigenvalue weighted by atomic mass is 10.0. The molecular weight excluding hydrogens is 282 g/mol. The lowest BCUT2D eigenvalue weighted by Crippen LogP contribution is -2.50. The van der Waals surface area contributed by atoms with Gasteiger partial charge < -0.3 is 14.8 Å². The number of β-amino-alcohol motifs (C(OH)–C–C–N with tert-alkyl or cyclic N) is 1. The number of rotatable bonds is 4. The summed E-state index contributed by atoms with van der Waals surface area (Å²) < 4.78 is 0. The monoisotopic (exact) mass is 303 g/mol. The quantitative estimate of drug-likeness (QED) is 0.886. The molecule has 0 bridgehead atoms. The van der Waals surface area contributed by atoms with Crippen LogP contribution in [0.1, 0.15) is 18.1 Å². The van der Waals surface area contributed by atoms with Crippen molar-refractivity contribution in [3.05, 3.63) is 35.9 Å². The summed E-state index contributed by atoms with van der Waals surface area (Å²) >= 11 is 0. The summed E-state index contributed by atoms with van der Waals surface area (Å²) in [4.78, 5) is 21.9. The Morgan fingerprint density at radius 3 is 2.64 bits per heavy atom. The SMILES string of the molecule is O=C(C1=NO[C@H](c2ccccc2)C1)N1CCN(CCO)CC1. The van der Waals surface area contributed by atoms with Crippen molar-refractivity contribution in [2.75, 3.05) is 39.3 Å². The van der Waals surface area contributed by atoms with Crippen LogP contribution < -0.4 is 0 Å². The topological polar surface area (TPSA) is 65.4 Å². The summed E-state index contributed by atoms with van der Waals surface area (Å²) in [6, 6.07) is 9.84. The number of nitrogens with zero attached hydrogens (tertiary/aromatic N) is 3. The van der Waals surface area contributed by atoms with Gasteiger partial charge in [0.25, 0.3) is 5.91 Å². The van der Waals surface area contributed by atoms with Crippen molar-refractivity contribution >= 4 is 11.6 Å². The van der Waals surface area contributed by atoms with Crippen molar-refractivity contribution in [1.82, 2.24) is 9.80 Å². The molecule has 1 atom stereocenters. The van der Waals surface area contributed by atoms with E-state index in [0.29, 0.717) is 31.8 Å². The van der Waals surface area contributed by atoms with Gasteiger partial charge in [0.2, 0.25) is 0 Å². The maximum absolute atomic E-state index is 12.5. The van der Waals surface area contributed by atoms with Gasteiger partial charge in [0.05, 0.1) is 6.61 Å². The summed E-state index contributed by atoms with van der Waals surface area (Å²) in [6.45, 7) is 3.77. The van der Waals surface area contributed by atoms with Crippen LogP contribution in [0.4, 0.5) is 0 Å². The average molecular weight is 303 g/mol. The Bertz CT molecular complexity index is 539. The molecule has 2 aliphatic rings. The largest absolute Gasteiger partial charge is 0.395 e. The Balaban J connectivity index is 1.54. The Labute approximate surface area is 130 Å². The number of benzene rings is 1. The molecule has 0 unspecified atom stereocenters. The van der Waals surface area contributed by atoms with E-state index in [4.69, 9.17) is 9.94 Å². The zero-order chi connectivity index (χ0) is 15.4. The fourth-order valence-corrected chi connectivity index (χ4v) is 2.85. The summed E-state index contributed by atoms with van der Waals surface area (Å²) in [5, 5.41) is 12.9. The first-order valence-electron chi connectivity index (χ1n) is 7.68. The van der Waals surface area contributed by atoms with E-state index in [2.05, 4.69) is 10.1 Å². The van der Waals surface area contributed by atoms with Gasteiger partial charge in [-0.25, -0.2) is 0 Å². The molecule has 6 nitrogen and oxygen atoms in total. The number of hydrogen-bond acceptors (Lipinski definition) is 5. The van der Waals surface area contributed by atoms with Crippen LogP contribution in [-0.2, 0) is 9.63 Å². The summed E-state index contributed by atoms with van der Waals surface area (Å²) in [5.74, 6) is -0.0259. The number of piperazine rings is 1. The lowest BCUT2D eigenvalue weighted by molar-refractivity contribution is -0.125. The normalized spacial score (nSPS) is 22.3. The molecule has 22 heavy (non-hydrogen) atoms. The number of hydrogen-bond donors (Lipinski definition) is 1. The number of oxime groups is 1. The average Bonchev–Trinajstić information content (AvgIpc) is 3.06. The number of amides is 1. The molecule has 0 aliphatic carbocycles. The minimum Gasteiger partial charge on any atom is -0.395 e. The predicted molar refractivity (Wildman–Crippen MR) is 82.4 cm³/mol. The molecule has 2 heterocycles. The van der Waals surface area contributed by atoms with Gasteiger partial charge in [0.15, 0.2) is 6.10 Å². The maximum atomic E-state index is 12.5. The van der Waals surface area contributed by atoms with Gasteiger partial charge in [-0.05, 0) is 5.56 Å². The molecule has 0 spiro atoms. The van der Waals surface area contributed by atoms with E-state index in [0.717, 1.165) is 18.7 Å². The van der Waals surface area contributed by atoms with E-state index in [1.165, 1.54) is 0 Å². The molecule has 1 amide bonds. The van der Waals surface area contributed by atoms with Gasteiger partial charge >= 0.3 is 0 Å². The van der Waals surface area contributed by atoms with Gasteiger partial charge in [-0.1, -0.05) is 35.5 Å². The van der Waals surface area contributed by atoms with E-state index < -0.39 is 0 Å².